The second-order valence-electron chi connectivity index (χ2n) is 6.75. The summed E-state index contributed by atoms with van der Waals surface area (Å²) in [5.41, 5.74) is 0.740. The predicted octanol–water partition coefficient (Wildman–Crippen LogP) is 3.17. The molecule has 9 nitrogen and oxygen atoms in total. The van der Waals surface area contributed by atoms with E-state index in [1.807, 2.05) is 19.9 Å². The third-order valence-electron chi connectivity index (χ3n) is 4.94. The lowest BCUT2D eigenvalue weighted by Crippen LogP contribution is -2.31. The average molecular weight is 459 g/mol. The molecule has 0 aliphatic heterocycles. The number of sulfonamides is 1. The second-order valence-corrected chi connectivity index (χ2v) is 8.40. The Labute approximate surface area is 187 Å². The van der Waals surface area contributed by atoms with Crippen molar-refractivity contribution in [3.8, 4) is 17.2 Å². The molecule has 170 valence electrons. The van der Waals surface area contributed by atoms with Gasteiger partial charge >= 0.3 is 0 Å². The van der Waals surface area contributed by atoms with Gasteiger partial charge in [-0.3, -0.25) is 9.52 Å². The summed E-state index contributed by atoms with van der Waals surface area (Å²) in [6, 6.07) is 13.4. The highest BCUT2D eigenvalue weighted by molar-refractivity contribution is 7.92. The molecule has 0 aliphatic carbocycles. The van der Waals surface area contributed by atoms with Gasteiger partial charge in [0.1, 0.15) is 22.0 Å². The number of para-hydroxylation sites is 1. The summed E-state index contributed by atoms with van der Waals surface area (Å²) in [6.45, 7) is 4.66. The molecule has 0 spiro atoms. The van der Waals surface area contributed by atoms with Gasteiger partial charge in [0.05, 0.1) is 26.1 Å². The normalized spacial score (nSPS) is 11.1. The van der Waals surface area contributed by atoms with Crippen LogP contribution in [-0.2, 0) is 10.0 Å². The van der Waals surface area contributed by atoms with Crippen LogP contribution in [0.1, 0.15) is 24.2 Å². The fourth-order valence-electron chi connectivity index (χ4n) is 3.23. The van der Waals surface area contributed by atoms with E-state index in [2.05, 4.69) is 9.82 Å². The standard InChI is InChI=1S/C22H26N4O5S/c1-5-25(6-2)22(27)18-15-23-26(16-10-8-7-9-11-16)21(18)24-32(28,29)20-14-17(30-3)12-13-19(20)31-4/h7-15,24H,5-6H2,1-4H3. The molecule has 0 saturated heterocycles. The van der Waals surface area contributed by atoms with Crippen LogP contribution in [0.2, 0.25) is 0 Å². The van der Waals surface area contributed by atoms with Crippen LogP contribution in [0, 0.1) is 0 Å². The molecule has 0 fully saturated rings. The van der Waals surface area contributed by atoms with E-state index in [0.29, 0.717) is 24.5 Å². The van der Waals surface area contributed by atoms with E-state index < -0.39 is 10.0 Å². The van der Waals surface area contributed by atoms with Crippen molar-refractivity contribution < 1.29 is 22.7 Å². The molecule has 2 aromatic carbocycles. The average Bonchev–Trinajstić information content (AvgIpc) is 3.22. The minimum Gasteiger partial charge on any atom is -0.497 e. The second kappa shape index (κ2) is 9.73. The van der Waals surface area contributed by atoms with Gasteiger partial charge in [-0.15, -0.1) is 0 Å². The van der Waals surface area contributed by atoms with Gasteiger partial charge in [-0.1, -0.05) is 18.2 Å². The zero-order valence-corrected chi connectivity index (χ0v) is 19.2. The van der Waals surface area contributed by atoms with Gasteiger partial charge in [0.25, 0.3) is 15.9 Å². The summed E-state index contributed by atoms with van der Waals surface area (Å²) in [7, 11) is -1.35. The fraction of sp³-hybridized carbons (Fsp3) is 0.273. The molecule has 0 saturated carbocycles. The molecule has 1 aromatic heterocycles. The van der Waals surface area contributed by atoms with Gasteiger partial charge < -0.3 is 14.4 Å². The summed E-state index contributed by atoms with van der Waals surface area (Å²) < 4.78 is 41.2. The number of carbonyl (C=O) groups is 1. The van der Waals surface area contributed by atoms with Crippen molar-refractivity contribution in [3.63, 3.8) is 0 Å². The first kappa shape index (κ1) is 23.1. The monoisotopic (exact) mass is 458 g/mol. The molecule has 1 amide bonds. The van der Waals surface area contributed by atoms with Crippen molar-refractivity contribution in [2.45, 2.75) is 18.7 Å². The van der Waals surface area contributed by atoms with E-state index in [-0.39, 0.29) is 27.9 Å². The number of aromatic nitrogens is 2. The van der Waals surface area contributed by atoms with Crippen molar-refractivity contribution in [1.82, 2.24) is 14.7 Å². The molecule has 3 rings (SSSR count). The van der Waals surface area contributed by atoms with Crippen LogP contribution in [-0.4, -0.2) is 56.3 Å². The van der Waals surface area contributed by atoms with E-state index in [4.69, 9.17) is 9.47 Å². The Hall–Kier alpha value is -3.53. The number of hydrogen-bond acceptors (Lipinski definition) is 6. The van der Waals surface area contributed by atoms with Crippen molar-refractivity contribution in [2.24, 2.45) is 0 Å². The Morgan fingerprint density at radius 3 is 2.34 bits per heavy atom. The Morgan fingerprint density at radius 1 is 1.06 bits per heavy atom. The third kappa shape index (κ3) is 4.54. The van der Waals surface area contributed by atoms with E-state index in [0.717, 1.165) is 0 Å². The topological polar surface area (TPSA) is 103 Å². The Kier molecular flexibility index (Phi) is 7.04. The van der Waals surface area contributed by atoms with Crippen LogP contribution >= 0.6 is 0 Å². The summed E-state index contributed by atoms with van der Waals surface area (Å²) in [5, 5.41) is 4.30. The Morgan fingerprint density at radius 2 is 1.75 bits per heavy atom. The molecule has 0 atom stereocenters. The van der Waals surface area contributed by atoms with Crippen LogP contribution in [0.4, 0.5) is 5.82 Å². The van der Waals surface area contributed by atoms with E-state index >= 15 is 0 Å². The lowest BCUT2D eigenvalue weighted by molar-refractivity contribution is 0.0774. The van der Waals surface area contributed by atoms with Crippen LogP contribution in [0.3, 0.4) is 0 Å². The molecular weight excluding hydrogens is 432 g/mol. The zero-order valence-electron chi connectivity index (χ0n) is 18.4. The molecule has 1 heterocycles. The summed E-state index contributed by atoms with van der Waals surface area (Å²) in [5.74, 6) is 0.202. The maximum absolute atomic E-state index is 13.4. The van der Waals surface area contributed by atoms with Gasteiger partial charge in [-0.05, 0) is 38.1 Å². The number of anilines is 1. The minimum absolute atomic E-state index is 0.0398. The third-order valence-corrected chi connectivity index (χ3v) is 6.30. The number of benzene rings is 2. The molecule has 0 radical (unpaired) electrons. The Balaban J connectivity index is 2.16. The van der Waals surface area contributed by atoms with Crippen LogP contribution < -0.4 is 14.2 Å². The molecule has 0 bridgehead atoms. The van der Waals surface area contributed by atoms with Gasteiger partial charge in [0.15, 0.2) is 5.82 Å². The summed E-state index contributed by atoms with van der Waals surface area (Å²) >= 11 is 0. The molecule has 32 heavy (non-hydrogen) atoms. The minimum atomic E-state index is -4.17. The largest absolute Gasteiger partial charge is 0.497 e. The van der Waals surface area contributed by atoms with Gasteiger partial charge in [-0.2, -0.15) is 5.10 Å². The lowest BCUT2D eigenvalue weighted by atomic mass is 10.2. The highest BCUT2D eigenvalue weighted by Crippen LogP contribution is 2.31. The predicted molar refractivity (Wildman–Crippen MR) is 121 cm³/mol. The molecular formula is C22H26N4O5S. The number of hydrogen-bond donors (Lipinski definition) is 1. The quantitative estimate of drug-likeness (QED) is 0.528. The molecule has 10 heteroatoms. The number of nitrogens with one attached hydrogen (secondary N) is 1. The summed E-state index contributed by atoms with van der Waals surface area (Å²) in [6.07, 6.45) is 1.37. The van der Waals surface area contributed by atoms with Crippen molar-refractivity contribution >= 4 is 21.7 Å². The first-order valence-corrected chi connectivity index (χ1v) is 11.5. The fourth-order valence-corrected chi connectivity index (χ4v) is 4.47. The molecule has 0 unspecified atom stereocenters. The number of methoxy groups -OCH3 is 2. The molecule has 0 aliphatic rings. The lowest BCUT2D eigenvalue weighted by Gasteiger charge is -2.20. The van der Waals surface area contributed by atoms with Gasteiger partial charge in [0.2, 0.25) is 0 Å². The summed E-state index contributed by atoms with van der Waals surface area (Å²) in [4.78, 5) is 14.6. The zero-order chi connectivity index (χ0) is 23.3. The van der Waals surface area contributed by atoms with Crippen molar-refractivity contribution in [2.75, 3.05) is 32.0 Å². The van der Waals surface area contributed by atoms with E-state index in [1.54, 1.807) is 35.2 Å². The number of rotatable bonds is 9. The maximum atomic E-state index is 13.4. The van der Waals surface area contributed by atoms with Crippen LogP contribution in [0.25, 0.3) is 5.69 Å². The van der Waals surface area contributed by atoms with E-state index in [1.165, 1.54) is 37.2 Å². The number of amides is 1. The first-order valence-electron chi connectivity index (χ1n) is 10.0. The van der Waals surface area contributed by atoms with Crippen molar-refractivity contribution in [1.29, 1.82) is 0 Å². The smallest absolute Gasteiger partial charge is 0.266 e. The highest BCUT2D eigenvalue weighted by atomic mass is 32.2. The van der Waals surface area contributed by atoms with Crippen LogP contribution in [0.5, 0.6) is 11.5 Å². The van der Waals surface area contributed by atoms with Gasteiger partial charge in [0, 0.05) is 19.2 Å². The SMILES string of the molecule is CCN(CC)C(=O)c1cnn(-c2ccccc2)c1NS(=O)(=O)c1cc(OC)ccc1OC. The molecule has 3 aromatic rings. The number of ether oxygens (including phenoxy) is 2. The van der Waals surface area contributed by atoms with Crippen LogP contribution in [0.15, 0.2) is 59.6 Å². The Bertz CT molecular complexity index is 1190. The molecule has 1 N–H and O–H groups in total. The number of nitrogens with zero attached hydrogens (tertiary/aromatic N) is 3. The maximum Gasteiger partial charge on any atom is 0.266 e. The van der Waals surface area contributed by atoms with E-state index in [9.17, 15) is 13.2 Å². The van der Waals surface area contributed by atoms with Gasteiger partial charge in [-0.25, -0.2) is 13.1 Å². The highest BCUT2D eigenvalue weighted by Gasteiger charge is 2.28. The number of carbonyl (C=O) groups excluding carboxylic acids is 1. The van der Waals surface area contributed by atoms with Crippen molar-refractivity contribution in [3.05, 3.63) is 60.3 Å². The first-order chi connectivity index (χ1) is 15.4.